The summed E-state index contributed by atoms with van der Waals surface area (Å²) in [4.78, 5) is 10.7. The summed E-state index contributed by atoms with van der Waals surface area (Å²) in [5.41, 5.74) is 5.48. The fraction of sp³-hybridized carbons (Fsp3) is 0.300. The van der Waals surface area contributed by atoms with Gasteiger partial charge in [0.1, 0.15) is 5.82 Å². The molecule has 0 aliphatic rings. The van der Waals surface area contributed by atoms with E-state index in [4.69, 9.17) is 22.4 Å². The maximum absolute atomic E-state index is 13.3. The molecule has 0 aliphatic carbocycles. The van der Waals surface area contributed by atoms with E-state index in [-0.39, 0.29) is 23.6 Å². The Bertz CT molecular complexity index is 350. The zero-order chi connectivity index (χ0) is 11.4. The van der Waals surface area contributed by atoms with Crippen molar-refractivity contribution in [2.45, 2.75) is 6.42 Å². The summed E-state index contributed by atoms with van der Waals surface area (Å²) in [6, 6.07) is 4.24. The number of hydrogen-bond donors (Lipinski definition) is 2. The van der Waals surface area contributed by atoms with Gasteiger partial charge in [-0.25, -0.2) is 4.39 Å². The standard InChI is InChI=1S/C10H11ClFNO2/c11-8-2-1-3-9(12)7(8)4-6(5-13)10(14)15/h1-3,6H,4-5,13H2,(H,14,15). The second kappa shape index (κ2) is 5.09. The first-order valence-electron chi connectivity index (χ1n) is 4.42. The van der Waals surface area contributed by atoms with E-state index in [1.54, 1.807) is 0 Å². The number of nitrogens with two attached hydrogens (primary N) is 1. The Kier molecular flexibility index (Phi) is 4.05. The Balaban J connectivity index is 2.92. The van der Waals surface area contributed by atoms with Gasteiger partial charge in [-0.3, -0.25) is 4.79 Å². The van der Waals surface area contributed by atoms with Gasteiger partial charge in [0.15, 0.2) is 0 Å². The predicted molar refractivity (Wildman–Crippen MR) is 55.3 cm³/mol. The highest BCUT2D eigenvalue weighted by Gasteiger charge is 2.19. The highest BCUT2D eigenvalue weighted by molar-refractivity contribution is 6.31. The second-order valence-electron chi connectivity index (χ2n) is 3.18. The van der Waals surface area contributed by atoms with Crippen molar-refractivity contribution in [1.29, 1.82) is 0 Å². The monoisotopic (exact) mass is 231 g/mol. The average molecular weight is 232 g/mol. The fourth-order valence-corrected chi connectivity index (χ4v) is 1.49. The smallest absolute Gasteiger partial charge is 0.308 e. The normalized spacial score (nSPS) is 12.5. The highest BCUT2D eigenvalue weighted by Crippen LogP contribution is 2.22. The Morgan fingerprint density at radius 3 is 2.73 bits per heavy atom. The largest absolute Gasteiger partial charge is 0.481 e. The number of hydrogen-bond acceptors (Lipinski definition) is 2. The molecule has 0 heterocycles. The first-order valence-corrected chi connectivity index (χ1v) is 4.79. The van der Waals surface area contributed by atoms with E-state index >= 15 is 0 Å². The molecule has 0 radical (unpaired) electrons. The van der Waals surface area contributed by atoms with Crippen molar-refractivity contribution >= 4 is 17.6 Å². The Hall–Kier alpha value is -1.13. The number of carboxylic acid groups (broad SMARTS) is 1. The first kappa shape index (κ1) is 11.9. The Morgan fingerprint density at radius 1 is 1.60 bits per heavy atom. The summed E-state index contributed by atoms with van der Waals surface area (Å²) < 4.78 is 13.3. The first-order chi connectivity index (χ1) is 7.06. The minimum atomic E-state index is -1.04. The molecule has 0 saturated carbocycles. The van der Waals surface area contributed by atoms with Crippen molar-refractivity contribution in [2.24, 2.45) is 11.7 Å². The molecule has 0 bridgehead atoms. The summed E-state index contributed by atoms with van der Waals surface area (Å²) in [7, 11) is 0. The van der Waals surface area contributed by atoms with Gasteiger partial charge in [-0.15, -0.1) is 0 Å². The highest BCUT2D eigenvalue weighted by atomic mass is 35.5. The molecule has 0 fully saturated rings. The SMILES string of the molecule is NCC(Cc1c(F)cccc1Cl)C(=O)O. The van der Waals surface area contributed by atoms with E-state index < -0.39 is 17.7 Å². The van der Waals surface area contributed by atoms with Gasteiger partial charge in [0.2, 0.25) is 0 Å². The molecule has 3 N–H and O–H groups in total. The molecule has 3 nitrogen and oxygen atoms in total. The van der Waals surface area contributed by atoms with Crippen LogP contribution in [0.2, 0.25) is 5.02 Å². The average Bonchev–Trinajstić information content (AvgIpc) is 2.17. The number of carbonyl (C=O) groups is 1. The van der Waals surface area contributed by atoms with Gasteiger partial charge < -0.3 is 10.8 Å². The second-order valence-corrected chi connectivity index (χ2v) is 3.58. The van der Waals surface area contributed by atoms with Gasteiger partial charge in [0, 0.05) is 17.1 Å². The summed E-state index contributed by atoms with van der Waals surface area (Å²) in [6.07, 6.45) is 0.0112. The van der Waals surface area contributed by atoms with Crippen LogP contribution in [-0.2, 0) is 11.2 Å². The molecule has 5 heteroatoms. The van der Waals surface area contributed by atoms with E-state index in [0.717, 1.165) is 0 Å². The van der Waals surface area contributed by atoms with Crippen LogP contribution in [0.15, 0.2) is 18.2 Å². The van der Waals surface area contributed by atoms with E-state index in [2.05, 4.69) is 0 Å². The maximum atomic E-state index is 13.3. The van der Waals surface area contributed by atoms with Gasteiger partial charge >= 0.3 is 5.97 Å². The van der Waals surface area contributed by atoms with Crippen molar-refractivity contribution in [3.63, 3.8) is 0 Å². The lowest BCUT2D eigenvalue weighted by molar-refractivity contribution is -0.141. The van der Waals surface area contributed by atoms with Crippen LogP contribution in [-0.4, -0.2) is 17.6 Å². The molecule has 0 aliphatic heterocycles. The lowest BCUT2D eigenvalue weighted by Gasteiger charge is -2.11. The Morgan fingerprint density at radius 2 is 2.27 bits per heavy atom. The van der Waals surface area contributed by atoms with Crippen LogP contribution in [0, 0.1) is 11.7 Å². The fourth-order valence-electron chi connectivity index (χ4n) is 1.25. The summed E-state index contributed by atoms with van der Waals surface area (Å²) in [5.74, 6) is -2.35. The molecule has 15 heavy (non-hydrogen) atoms. The van der Waals surface area contributed by atoms with Crippen molar-refractivity contribution in [3.8, 4) is 0 Å². The molecule has 0 spiro atoms. The molecule has 1 unspecified atom stereocenters. The molecular formula is C10H11ClFNO2. The minimum absolute atomic E-state index is 0.0112. The van der Waals surface area contributed by atoms with Crippen LogP contribution < -0.4 is 5.73 Å². The zero-order valence-corrected chi connectivity index (χ0v) is 8.67. The molecular weight excluding hydrogens is 221 g/mol. The van der Waals surface area contributed by atoms with E-state index in [1.807, 2.05) is 0 Å². The summed E-state index contributed by atoms with van der Waals surface area (Å²) in [5, 5.41) is 9.00. The zero-order valence-electron chi connectivity index (χ0n) is 7.91. The van der Waals surface area contributed by atoms with E-state index in [1.165, 1.54) is 18.2 Å². The quantitative estimate of drug-likeness (QED) is 0.829. The number of rotatable bonds is 4. The molecule has 82 valence electrons. The third-order valence-electron chi connectivity index (χ3n) is 2.15. The van der Waals surface area contributed by atoms with Crippen LogP contribution in [0.3, 0.4) is 0 Å². The Labute approximate surface area is 91.7 Å². The number of aliphatic carboxylic acids is 1. The van der Waals surface area contributed by atoms with Crippen LogP contribution in [0.4, 0.5) is 4.39 Å². The molecule has 1 rings (SSSR count). The summed E-state index contributed by atoms with van der Waals surface area (Å²) in [6.45, 7) is -0.0417. The van der Waals surface area contributed by atoms with Crippen LogP contribution in [0.5, 0.6) is 0 Å². The number of carboxylic acids is 1. The third kappa shape index (κ3) is 2.91. The van der Waals surface area contributed by atoms with Gasteiger partial charge in [-0.05, 0) is 18.6 Å². The van der Waals surface area contributed by atoms with Gasteiger partial charge in [-0.1, -0.05) is 17.7 Å². The third-order valence-corrected chi connectivity index (χ3v) is 2.50. The summed E-state index contributed by atoms with van der Waals surface area (Å²) >= 11 is 5.76. The van der Waals surface area contributed by atoms with E-state index in [0.29, 0.717) is 0 Å². The lowest BCUT2D eigenvalue weighted by Crippen LogP contribution is -2.25. The van der Waals surface area contributed by atoms with E-state index in [9.17, 15) is 9.18 Å². The predicted octanol–water partition coefficient (Wildman–Crippen LogP) is 1.68. The van der Waals surface area contributed by atoms with Crippen molar-refractivity contribution in [3.05, 3.63) is 34.6 Å². The van der Waals surface area contributed by atoms with Gasteiger partial charge in [0.25, 0.3) is 0 Å². The van der Waals surface area contributed by atoms with Crippen molar-refractivity contribution in [2.75, 3.05) is 6.54 Å². The van der Waals surface area contributed by atoms with Crippen LogP contribution in [0.1, 0.15) is 5.56 Å². The maximum Gasteiger partial charge on any atom is 0.308 e. The minimum Gasteiger partial charge on any atom is -0.481 e. The molecule has 0 aromatic heterocycles. The van der Waals surface area contributed by atoms with Gasteiger partial charge in [0.05, 0.1) is 5.92 Å². The van der Waals surface area contributed by atoms with Gasteiger partial charge in [-0.2, -0.15) is 0 Å². The van der Waals surface area contributed by atoms with Crippen LogP contribution in [0.25, 0.3) is 0 Å². The van der Waals surface area contributed by atoms with Crippen molar-refractivity contribution < 1.29 is 14.3 Å². The number of benzene rings is 1. The molecule has 0 saturated heterocycles. The van der Waals surface area contributed by atoms with Crippen LogP contribution >= 0.6 is 11.6 Å². The molecule has 1 aromatic carbocycles. The molecule has 1 atom stereocenters. The molecule has 1 aromatic rings. The molecule has 0 amide bonds. The number of halogens is 2. The van der Waals surface area contributed by atoms with Crippen molar-refractivity contribution in [1.82, 2.24) is 0 Å². The topological polar surface area (TPSA) is 63.3 Å². The lowest BCUT2D eigenvalue weighted by atomic mass is 9.99.